The molecule has 2 aliphatic heterocycles. The van der Waals surface area contributed by atoms with Crippen LogP contribution in [-0.2, 0) is 16.0 Å². The van der Waals surface area contributed by atoms with Crippen LogP contribution < -0.4 is 5.32 Å². The number of rotatable bonds is 5. The molecule has 2 heterocycles. The molecule has 0 aromatic heterocycles. The zero-order valence-electron chi connectivity index (χ0n) is 14.4. The number of piperidine rings is 1. The molecule has 1 unspecified atom stereocenters. The van der Waals surface area contributed by atoms with E-state index < -0.39 is 0 Å². The lowest BCUT2D eigenvalue weighted by Gasteiger charge is -2.30. The summed E-state index contributed by atoms with van der Waals surface area (Å²) < 4.78 is 0. The summed E-state index contributed by atoms with van der Waals surface area (Å²) >= 11 is 0. The van der Waals surface area contributed by atoms with E-state index in [9.17, 15) is 9.59 Å². The molecular weight excluding hydrogens is 302 g/mol. The van der Waals surface area contributed by atoms with Crippen molar-refractivity contribution in [3.8, 4) is 0 Å². The predicted molar refractivity (Wildman–Crippen MR) is 93.5 cm³/mol. The molecule has 2 aliphatic rings. The van der Waals surface area contributed by atoms with E-state index in [4.69, 9.17) is 0 Å². The number of benzene rings is 1. The zero-order chi connectivity index (χ0) is 16.9. The maximum Gasteiger partial charge on any atom is 0.225 e. The Morgan fingerprint density at radius 2 is 1.92 bits per heavy atom. The lowest BCUT2D eigenvalue weighted by Crippen LogP contribution is -2.45. The molecule has 3 rings (SSSR count). The largest absolute Gasteiger partial charge is 0.353 e. The van der Waals surface area contributed by atoms with Crippen LogP contribution in [0.4, 0.5) is 0 Å². The van der Waals surface area contributed by atoms with Gasteiger partial charge in [0.1, 0.15) is 0 Å². The van der Waals surface area contributed by atoms with Crippen molar-refractivity contribution in [3.05, 3.63) is 35.9 Å². The van der Waals surface area contributed by atoms with Gasteiger partial charge in [0.2, 0.25) is 11.8 Å². The van der Waals surface area contributed by atoms with Crippen molar-refractivity contribution < 1.29 is 9.59 Å². The van der Waals surface area contributed by atoms with Gasteiger partial charge in [0.15, 0.2) is 0 Å². The van der Waals surface area contributed by atoms with Crippen LogP contribution in [0.25, 0.3) is 0 Å². The van der Waals surface area contributed by atoms with Crippen LogP contribution in [0.1, 0.15) is 24.8 Å². The molecular formula is C19H27N3O2. The molecule has 2 saturated heterocycles. The maximum absolute atomic E-state index is 12.5. The van der Waals surface area contributed by atoms with Gasteiger partial charge in [-0.1, -0.05) is 30.3 Å². The number of carbonyl (C=O) groups excluding carboxylic acids is 2. The molecule has 5 heteroatoms. The van der Waals surface area contributed by atoms with Crippen molar-refractivity contribution >= 4 is 11.8 Å². The number of carbonyl (C=O) groups is 2. The van der Waals surface area contributed by atoms with Gasteiger partial charge in [-0.3, -0.25) is 9.59 Å². The molecule has 1 atom stereocenters. The summed E-state index contributed by atoms with van der Waals surface area (Å²) in [7, 11) is 2.11. The van der Waals surface area contributed by atoms with Gasteiger partial charge >= 0.3 is 0 Å². The third kappa shape index (κ3) is 4.35. The number of hydrogen-bond acceptors (Lipinski definition) is 3. The fourth-order valence-electron chi connectivity index (χ4n) is 3.54. The molecule has 0 bridgehead atoms. The monoisotopic (exact) mass is 329 g/mol. The Kier molecular flexibility index (Phi) is 5.51. The Hall–Kier alpha value is -1.88. The number of nitrogens with one attached hydrogen (secondary N) is 1. The van der Waals surface area contributed by atoms with Crippen LogP contribution >= 0.6 is 0 Å². The van der Waals surface area contributed by atoms with E-state index in [1.165, 1.54) is 5.56 Å². The minimum Gasteiger partial charge on any atom is -0.353 e. The second-order valence-corrected chi connectivity index (χ2v) is 7.06. The highest BCUT2D eigenvalue weighted by Gasteiger charge is 2.34. The van der Waals surface area contributed by atoms with Gasteiger partial charge in [-0.05, 0) is 45.0 Å². The normalized spacial score (nSPS) is 22.8. The van der Waals surface area contributed by atoms with Crippen LogP contribution in [-0.4, -0.2) is 60.9 Å². The number of likely N-dealkylation sites (tertiary alicyclic amines) is 2. The molecule has 0 radical (unpaired) electrons. The molecule has 130 valence electrons. The van der Waals surface area contributed by atoms with Gasteiger partial charge in [-0.25, -0.2) is 0 Å². The number of nitrogens with zero attached hydrogens (tertiary/aromatic N) is 2. The maximum atomic E-state index is 12.5. The Morgan fingerprint density at radius 3 is 2.62 bits per heavy atom. The van der Waals surface area contributed by atoms with Crippen LogP contribution in [0.2, 0.25) is 0 Å². The molecule has 2 amide bonds. The van der Waals surface area contributed by atoms with E-state index in [0.29, 0.717) is 19.5 Å². The standard InChI is InChI=1S/C19H27N3O2/c1-21-10-8-17(9-11-21)20-19(24)16-13-18(23)22(14-16)12-7-15-5-3-2-4-6-15/h2-6,16-17H,7-14H2,1H3,(H,20,24). The van der Waals surface area contributed by atoms with Crippen LogP contribution in [0, 0.1) is 5.92 Å². The first-order chi connectivity index (χ1) is 11.6. The SMILES string of the molecule is CN1CCC(NC(=O)C2CC(=O)N(CCc3ccccc3)C2)CC1. The van der Waals surface area contributed by atoms with E-state index in [1.54, 1.807) is 0 Å². The first-order valence-corrected chi connectivity index (χ1v) is 8.92. The van der Waals surface area contributed by atoms with E-state index >= 15 is 0 Å². The summed E-state index contributed by atoms with van der Waals surface area (Å²) in [5.74, 6) is -0.0255. The zero-order valence-corrected chi connectivity index (χ0v) is 14.4. The lowest BCUT2D eigenvalue weighted by molar-refractivity contribution is -0.129. The Balaban J connectivity index is 1.46. The fraction of sp³-hybridized carbons (Fsp3) is 0.579. The van der Waals surface area contributed by atoms with E-state index in [2.05, 4.69) is 29.4 Å². The minimum absolute atomic E-state index is 0.0557. The van der Waals surface area contributed by atoms with Crippen molar-refractivity contribution in [2.75, 3.05) is 33.2 Å². The van der Waals surface area contributed by atoms with Gasteiger partial charge in [-0.15, -0.1) is 0 Å². The highest BCUT2D eigenvalue weighted by molar-refractivity contribution is 5.89. The highest BCUT2D eigenvalue weighted by atomic mass is 16.2. The lowest BCUT2D eigenvalue weighted by atomic mass is 10.0. The van der Waals surface area contributed by atoms with Crippen molar-refractivity contribution in [1.82, 2.24) is 15.1 Å². The van der Waals surface area contributed by atoms with Gasteiger partial charge in [0.25, 0.3) is 0 Å². The van der Waals surface area contributed by atoms with Crippen molar-refractivity contribution in [1.29, 1.82) is 0 Å². The Labute approximate surface area is 144 Å². The molecule has 24 heavy (non-hydrogen) atoms. The summed E-state index contributed by atoms with van der Waals surface area (Å²) in [4.78, 5) is 28.8. The third-order valence-electron chi connectivity index (χ3n) is 5.16. The van der Waals surface area contributed by atoms with Crippen molar-refractivity contribution in [2.45, 2.75) is 31.7 Å². The average molecular weight is 329 g/mol. The molecule has 0 spiro atoms. The van der Waals surface area contributed by atoms with Crippen molar-refractivity contribution in [3.63, 3.8) is 0 Å². The summed E-state index contributed by atoms with van der Waals surface area (Å²) in [6.07, 6.45) is 3.20. The topological polar surface area (TPSA) is 52.7 Å². The highest BCUT2D eigenvalue weighted by Crippen LogP contribution is 2.19. The molecule has 5 nitrogen and oxygen atoms in total. The quantitative estimate of drug-likeness (QED) is 0.886. The molecule has 1 N–H and O–H groups in total. The molecule has 0 saturated carbocycles. The third-order valence-corrected chi connectivity index (χ3v) is 5.16. The second kappa shape index (κ2) is 7.79. The summed E-state index contributed by atoms with van der Waals surface area (Å²) in [6.45, 7) is 3.31. The van der Waals surface area contributed by atoms with E-state index in [-0.39, 0.29) is 23.8 Å². The van der Waals surface area contributed by atoms with Gasteiger partial charge < -0.3 is 15.1 Å². The van der Waals surface area contributed by atoms with Crippen molar-refractivity contribution in [2.24, 2.45) is 5.92 Å². The Bertz CT molecular complexity index is 567. The van der Waals surface area contributed by atoms with Gasteiger partial charge in [0.05, 0.1) is 5.92 Å². The van der Waals surface area contributed by atoms with Crippen LogP contribution in [0.3, 0.4) is 0 Å². The average Bonchev–Trinajstić information content (AvgIpc) is 2.97. The molecule has 1 aromatic carbocycles. The van der Waals surface area contributed by atoms with Crippen LogP contribution in [0.15, 0.2) is 30.3 Å². The predicted octanol–water partition coefficient (Wildman–Crippen LogP) is 1.29. The summed E-state index contributed by atoms with van der Waals surface area (Å²) in [6, 6.07) is 10.4. The fourth-order valence-corrected chi connectivity index (χ4v) is 3.54. The van der Waals surface area contributed by atoms with Crippen LogP contribution in [0.5, 0.6) is 0 Å². The first-order valence-electron chi connectivity index (χ1n) is 8.92. The molecule has 1 aromatic rings. The van der Waals surface area contributed by atoms with E-state index in [1.807, 2.05) is 23.1 Å². The number of amides is 2. The Morgan fingerprint density at radius 1 is 1.21 bits per heavy atom. The summed E-state index contributed by atoms with van der Waals surface area (Å²) in [5, 5.41) is 3.15. The molecule has 2 fully saturated rings. The smallest absolute Gasteiger partial charge is 0.225 e. The number of hydrogen-bond donors (Lipinski definition) is 1. The molecule has 0 aliphatic carbocycles. The summed E-state index contributed by atoms with van der Waals surface area (Å²) in [5.41, 5.74) is 1.23. The van der Waals surface area contributed by atoms with Gasteiger partial charge in [-0.2, -0.15) is 0 Å². The van der Waals surface area contributed by atoms with Gasteiger partial charge in [0, 0.05) is 25.6 Å². The van der Waals surface area contributed by atoms with E-state index in [0.717, 1.165) is 32.4 Å². The second-order valence-electron chi connectivity index (χ2n) is 7.06. The first kappa shape index (κ1) is 17.0. The minimum atomic E-state index is -0.187.